The Hall–Kier alpha value is -5.30. The van der Waals surface area contributed by atoms with E-state index in [4.69, 9.17) is 33.2 Å². The van der Waals surface area contributed by atoms with Gasteiger partial charge in [-0.25, -0.2) is 4.79 Å². The van der Waals surface area contributed by atoms with Crippen LogP contribution in [0.25, 0.3) is 22.3 Å². The van der Waals surface area contributed by atoms with Crippen LogP contribution in [0.3, 0.4) is 0 Å². The average Bonchev–Trinajstić information content (AvgIpc) is 3.09. The lowest BCUT2D eigenvalue weighted by Crippen LogP contribution is -2.61. The number of rotatable bonds is 12. The predicted octanol–water partition coefficient (Wildman–Crippen LogP) is -2.81. The third-order valence-corrected chi connectivity index (χ3v) is 8.61. The van der Waals surface area contributed by atoms with Gasteiger partial charge in [0.15, 0.2) is 34.5 Å². The van der Waals surface area contributed by atoms with E-state index in [0.29, 0.717) is 0 Å². The molecule has 2 aliphatic heterocycles. The van der Waals surface area contributed by atoms with Gasteiger partial charge in [0.05, 0.1) is 18.4 Å². The Balaban J connectivity index is 1.39. The number of aliphatic carboxylic acids is 2. The van der Waals surface area contributed by atoms with Gasteiger partial charge in [-0.05, 0) is 25.1 Å². The van der Waals surface area contributed by atoms with Crippen LogP contribution in [0.15, 0.2) is 39.5 Å². The summed E-state index contributed by atoms with van der Waals surface area (Å²) >= 11 is 0. The fraction of sp³-hybridized carbons (Fsp3) is 0.455. The van der Waals surface area contributed by atoms with Crippen molar-refractivity contribution < 1.29 is 104 Å². The van der Waals surface area contributed by atoms with E-state index < -0.39 is 150 Å². The number of carboxylic acids is 2. The Labute approximate surface area is 306 Å². The summed E-state index contributed by atoms with van der Waals surface area (Å²) in [7, 11) is 0. The smallest absolute Gasteiger partial charge is 0.335 e. The van der Waals surface area contributed by atoms with Crippen molar-refractivity contribution in [3.05, 3.63) is 40.6 Å². The summed E-state index contributed by atoms with van der Waals surface area (Å²) in [5.41, 5.74) is -3.40. The molecule has 0 unspecified atom stereocenters. The first-order valence-electron chi connectivity index (χ1n) is 16.1. The third kappa shape index (κ3) is 8.67. The van der Waals surface area contributed by atoms with E-state index >= 15 is 0 Å². The Bertz CT molecular complexity index is 1990. The van der Waals surface area contributed by atoms with Gasteiger partial charge < -0.3 is 89.4 Å². The van der Waals surface area contributed by atoms with Crippen molar-refractivity contribution in [2.75, 3.05) is 6.61 Å². The van der Waals surface area contributed by atoms with Gasteiger partial charge in [0.2, 0.25) is 18.3 Å². The summed E-state index contributed by atoms with van der Waals surface area (Å²) in [4.78, 5) is 47.8. The Morgan fingerprint density at radius 1 is 0.764 bits per heavy atom. The van der Waals surface area contributed by atoms with Gasteiger partial charge in [-0.1, -0.05) is 0 Å². The molecule has 2 saturated heterocycles. The summed E-state index contributed by atoms with van der Waals surface area (Å²) in [6, 6.07) is 5.06. The monoisotopic (exact) mass is 784 g/mol. The summed E-state index contributed by atoms with van der Waals surface area (Å²) in [6.07, 6.45) is -21.0. The molecule has 0 spiro atoms. The minimum atomic E-state index is -2.04. The van der Waals surface area contributed by atoms with E-state index in [0.717, 1.165) is 31.2 Å². The van der Waals surface area contributed by atoms with Crippen LogP contribution in [-0.2, 0) is 28.6 Å². The molecule has 22 heteroatoms. The van der Waals surface area contributed by atoms with Crippen LogP contribution in [0.4, 0.5) is 0 Å². The number of aliphatic hydroxyl groups is 7. The molecule has 2 aliphatic rings. The SMILES string of the molecule is C[C@@](O)(CC(=O)O)CC(=O)OC[C@@H]1O[C@@H](Oc2cc3oc(-c4ccc(O)c(O[C@@H]5O[C@H](C(=O)O)[C@@H](O)[C@H](O)[C@H]5O)c4)cc(=O)c3c(O)c2O)[C@@H](O)[C@@H](O)[C@@H]1O. The molecule has 5 rings (SSSR count). The quantitative estimate of drug-likeness (QED) is 0.0651. The molecule has 0 radical (unpaired) electrons. The lowest BCUT2D eigenvalue weighted by molar-refractivity contribution is -0.278. The normalized spacial score (nSPS) is 29.2. The number of carbonyl (C=O) groups excluding carboxylic acids is 1. The zero-order valence-corrected chi connectivity index (χ0v) is 28.2. The van der Waals surface area contributed by atoms with Crippen molar-refractivity contribution in [1.82, 2.24) is 0 Å². The summed E-state index contributed by atoms with van der Waals surface area (Å²) in [5, 5.41) is 121. The zero-order chi connectivity index (χ0) is 40.7. The highest BCUT2D eigenvalue weighted by Crippen LogP contribution is 2.43. The van der Waals surface area contributed by atoms with Crippen LogP contribution in [0.1, 0.15) is 19.8 Å². The first-order valence-corrected chi connectivity index (χ1v) is 16.1. The number of esters is 1. The van der Waals surface area contributed by atoms with Crippen LogP contribution in [0.2, 0.25) is 0 Å². The highest BCUT2D eigenvalue weighted by molar-refractivity contribution is 5.89. The van der Waals surface area contributed by atoms with Gasteiger partial charge in [0, 0.05) is 17.7 Å². The van der Waals surface area contributed by atoms with Crippen LogP contribution >= 0.6 is 0 Å². The maximum Gasteiger partial charge on any atom is 0.335 e. The van der Waals surface area contributed by atoms with Gasteiger partial charge in [-0.15, -0.1) is 0 Å². The number of hydrogen-bond acceptors (Lipinski definition) is 20. The summed E-state index contributed by atoms with van der Waals surface area (Å²) < 4.78 is 32.1. The molecule has 0 saturated carbocycles. The van der Waals surface area contributed by atoms with Crippen LogP contribution in [-0.4, -0.2) is 153 Å². The molecule has 12 N–H and O–H groups in total. The van der Waals surface area contributed by atoms with Gasteiger partial charge in [-0.3, -0.25) is 14.4 Å². The number of benzene rings is 2. The molecular weight excluding hydrogens is 748 g/mol. The number of phenols is 3. The molecule has 3 aromatic rings. The van der Waals surface area contributed by atoms with E-state index in [-0.39, 0.29) is 11.3 Å². The molecule has 0 bridgehead atoms. The number of phenolic OH excluding ortho intramolecular Hbond substituents is 3. The van der Waals surface area contributed by atoms with Crippen LogP contribution in [0, 0.1) is 0 Å². The number of aromatic hydroxyl groups is 3. The lowest BCUT2D eigenvalue weighted by Gasteiger charge is -2.40. The molecule has 2 fully saturated rings. The number of aliphatic hydroxyl groups excluding tert-OH is 6. The zero-order valence-electron chi connectivity index (χ0n) is 28.2. The van der Waals surface area contributed by atoms with Crippen molar-refractivity contribution in [1.29, 1.82) is 0 Å². The minimum Gasteiger partial charge on any atom is -0.504 e. The maximum absolute atomic E-state index is 13.1. The molecule has 55 heavy (non-hydrogen) atoms. The first kappa shape index (κ1) is 40.9. The van der Waals surface area contributed by atoms with Crippen LogP contribution < -0.4 is 14.9 Å². The van der Waals surface area contributed by atoms with E-state index in [9.17, 15) is 75.3 Å². The first-order chi connectivity index (χ1) is 25.7. The Morgan fingerprint density at radius 2 is 1.38 bits per heavy atom. The number of fused-ring (bicyclic) bond motifs is 1. The highest BCUT2D eigenvalue weighted by Gasteiger charge is 2.49. The molecule has 0 aliphatic carbocycles. The highest BCUT2D eigenvalue weighted by atomic mass is 16.7. The molecule has 11 atom stereocenters. The number of ether oxygens (including phenoxy) is 5. The van der Waals surface area contributed by atoms with Crippen molar-refractivity contribution in [2.24, 2.45) is 0 Å². The predicted molar refractivity (Wildman–Crippen MR) is 174 cm³/mol. The summed E-state index contributed by atoms with van der Waals surface area (Å²) in [6.45, 7) is 0.275. The Kier molecular flexibility index (Phi) is 11.8. The van der Waals surface area contributed by atoms with Crippen molar-refractivity contribution >= 4 is 28.9 Å². The van der Waals surface area contributed by atoms with E-state index in [2.05, 4.69) is 0 Å². The number of carboxylic acid groups (broad SMARTS) is 2. The standard InChI is InChI=1S/C33H36O22/c1-33(49,7-18(36)37)8-19(38)50-9-17-22(40)24(42)27(45)31(54-17)53-16-6-15-20(23(41)21(16)39)12(35)5-13(51-15)10-2-3-11(34)14(4-10)52-32-28(46)25(43)26(44)29(55-32)30(47)48/h2-6,17,22,24-29,31-32,34,39-46,49H,7-9H2,1H3,(H,36,37)(H,47,48)/t17-,22+,24-,25-,26-,27-,28+,29-,31+,32+,33+/m0/s1. The average molecular weight is 785 g/mol. The van der Waals surface area contributed by atoms with E-state index in [1.165, 1.54) is 6.07 Å². The fourth-order valence-corrected chi connectivity index (χ4v) is 5.74. The minimum absolute atomic E-state index is 0.0208. The molecule has 0 amide bonds. The molecule has 22 nitrogen and oxygen atoms in total. The number of hydrogen-bond donors (Lipinski definition) is 12. The summed E-state index contributed by atoms with van der Waals surface area (Å²) in [5.74, 6) is -8.38. The molecule has 1 aromatic heterocycles. The number of carbonyl (C=O) groups is 3. The largest absolute Gasteiger partial charge is 0.504 e. The fourth-order valence-electron chi connectivity index (χ4n) is 5.74. The topological polar surface area (TPSA) is 370 Å². The molecular formula is C33H36O22. The molecule has 2 aromatic carbocycles. The van der Waals surface area contributed by atoms with E-state index in [1.54, 1.807) is 0 Å². The van der Waals surface area contributed by atoms with Crippen molar-refractivity contribution in [3.63, 3.8) is 0 Å². The Morgan fingerprint density at radius 3 is 2.02 bits per heavy atom. The molecule has 3 heterocycles. The second-order valence-corrected chi connectivity index (χ2v) is 13.0. The van der Waals surface area contributed by atoms with E-state index in [1.807, 2.05) is 0 Å². The maximum atomic E-state index is 13.1. The van der Waals surface area contributed by atoms with Gasteiger partial charge in [-0.2, -0.15) is 0 Å². The second kappa shape index (κ2) is 15.8. The third-order valence-electron chi connectivity index (χ3n) is 8.61. The second-order valence-electron chi connectivity index (χ2n) is 13.0. The molecule has 300 valence electrons. The van der Waals surface area contributed by atoms with Crippen molar-refractivity contribution in [3.8, 4) is 40.1 Å². The van der Waals surface area contributed by atoms with Gasteiger partial charge >= 0.3 is 17.9 Å². The van der Waals surface area contributed by atoms with Gasteiger partial charge in [0.25, 0.3) is 0 Å². The lowest BCUT2D eigenvalue weighted by atomic mass is 9.98. The van der Waals surface area contributed by atoms with Crippen molar-refractivity contribution in [2.45, 2.75) is 86.8 Å². The van der Waals surface area contributed by atoms with Gasteiger partial charge in [0.1, 0.15) is 66.1 Å². The van der Waals surface area contributed by atoms with Crippen LogP contribution in [0.5, 0.6) is 28.7 Å².